The van der Waals surface area contributed by atoms with Gasteiger partial charge in [-0.15, -0.1) is 0 Å². The molecule has 1 spiro atoms. The molecule has 0 radical (unpaired) electrons. The van der Waals surface area contributed by atoms with Crippen LogP contribution in [0.25, 0.3) is 0 Å². The number of likely N-dealkylation sites (tertiary alicyclic amines) is 1. The van der Waals surface area contributed by atoms with Gasteiger partial charge in [0.15, 0.2) is 0 Å². The molecule has 0 aromatic carbocycles. The lowest BCUT2D eigenvalue weighted by atomic mass is 9.61. The monoisotopic (exact) mass is 209 g/mol. The Bertz CT molecular complexity index is 215. The zero-order valence-electron chi connectivity index (χ0n) is 10.9. The van der Waals surface area contributed by atoms with Crippen LogP contribution >= 0.6 is 0 Å². The Morgan fingerprint density at radius 2 is 2.00 bits per heavy atom. The summed E-state index contributed by atoms with van der Waals surface area (Å²) in [6.07, 6.45) is 5.88. The molecular weight excluding hydrogens is 182 g/mol. The van der Waals surface area contributed by atoms with Crippen LogP contribution in [0.3, 0.4) is 0 Å². The SMILES string of the molecule is CCC1CCC2(C[C@H]1C)CN(C(C)C)C2. The van der Waals surface area contributed by atoms with E-state index >= 15 is 0 Å². The second-order valence-corrected chi connectivity index (χ2v) is 6.39. The van der Waals surface area contributed by atoms with Crippen molar-refractivity contribution in [1.29, 1.82) is 0 Å². The Balaban J connectivity index is 1.88. The van der Waals surface area contributed by atoms with Crippen molar-refractivity contribution in [3.63, 3.8) is 0 Å². The molecule has 0 amide bonds. The molecule has 2 atom stereocenters. The van der Waals surface area contributed by atoms with Gasteiger partial charge in [-0.2, -0.15) is 0 Å². The molecule has 1 aliphatic carbocycles. The first-order valence-corrected chi connectivity index (χ1v) is 6.80. The fraction of sp³-hybridized carbons (Fsp3) is 1.00. The largest absolute Gasteiger partial charge is 0.300 e. The molecular formula is C14H27N. The first kappa shape index (κ1) is 11.4. The Morgan fingerprint density at radius 1 is 1.33 bits per heavy atom. The van der Waals surface area contributed by atoms with E-state index < -0.39 is 0 Å². The van der Waals surface area contributed by atoms with Crippen LogP contribution < -0.4 is 0 Å². The van der Waals surface area contributed by atoms with Crippen molar-refractivity contribution in [2.75, 3.05) is 13.1 Å². The van der Waals surface area contributed by atoms with Crippen molar-refractivity contribution in [1.82, 2.24) is 4.90 Å². The topological polar surface area (TPSA) is 3.24 Å². The van der Waals surface area contributed by atoms with Gasteiger partial charge in [0, 0.05) is 19.1 Å². The van der Waals surface area contributed by atoms with Crippen LogP contribution in [0.2, 0.25) is 0 Å². The standard InChI is InChI=1S/C14H27N/c1-5-13-6-7-14(8-12(13)4)9-15(10-14)11(2)3/h11-13H,5-10H2,1-4H3/t12-,13?/m1/s1. The molecule has 0 aromatic heterocycles. The highest BCUT2D eigenvalue weighted by molar-refractivity contribution is 5.00. The summed E-state index contributed by atoms with van der Waals surface area (Å²) in [5, 5.41) is 0. The Morgan fingerprint density at radius 3 is 2.47 bits per heavy atom. The molecule has 1 nitrogen and oxygen atoms in total. The molecule has 2 rings (SSSR count). The summed E-state index contributed by atoms with van der Waals surface area (Å²) in [6.45, 7) is 12.3. The van der Waals surface area contributed by atoms with Crippen LogP contribution in [0.15, 0.2) is 0 Å². The third-order valence-corrected chi connectivity index (χ3v) is 4.94. The van der Waals surface area contributed by atoms with Gasteiger partial charge in [-0.1, -0.05) is 20.3 Å². The van der Waals surface area contributed by atoms with Gasteiger partial charge in [-0.3, -0.25) is 4.90 Å². The highest BCUT2D eigenvalue weighted by Crippen LogP contribution is 2.49. The lowest BCUT2D eigenvalue weighted by Crippen LogP contribution is -2.60. The van der Waals surface area contributed by atoms with Crippen molar-refractivity contribution < 1.29 is 0 Å². The fourth-order valence-electron chi connectivity index (χ4n) is 3.80. The minimum atomic E-state index is 0.732. The zero-order valence-corrected chi connectivity index (χ0v) is 10.9. The Hall–Kier alpha value is -0.0400. The van der Waals surface area contributed by atoms with Crippen molar-refractivity contribution >= 4 is 0 Å². The molecule has 0 N–H and O–H groups in total. The second kappa shape index (κ2) is 4.08. The average Bonchev–Trinajstić information content (AvgIpc) is 2.13. The van der Waals surface area contributed by atoms with Crippen molar-refractivity contribution in [2.45, 2.75) is 59.4 Å². The summed E-state index contributed by atoms with van der Waals surface area (Å²) in [6, 6.07) is 0.759. The first-order chi connectivity index (χ1) is 7.06. The van der Waals surface area contributed by atoms with Gasteiger partial charge in [0.05, 0.1) is 0 Å². The zero-order chi connectivity index (χ0) is 11.1. The normalized spacial score (nSPS) is 35.8. The molecule has 1 heterocycles. The third-order valence-electron chi connectivity index (χ3n) is 4.94. The van der Waals surface area contributed by atoms with Crippen LogP contribution in [0.1, 0.15) is 53.4 Å². The molecule has 1 saturated carbocycles. The smallest absolute Gasteiger partial charge is 0.00533 e. The fourth-order valence-corrected chi connectivity index (χ4v) is 3.80. The van der Waals surface area contributed by atoms with Crippen LogP contribution in [0.5, 0.6) is 0 Å². The second-order valence-electron chi connectivity index (χ2n) is 6.39. The summed E-state index contributed by atoms with van der Waals surface area (Å²) in [5.74, 6) is 1.99. The van der Waals surface area contributed by atoms with Crippen LogP contribution in [-0.4, -0.2) is 24.0 Å². The highest BCUT2D eigenvalue weighted by atomic mass is 15.2. The number of hydrogen-bond acceptors (Lipinski definition) is 1. The predicted molar refractivity (Wildman–Crippen MR) is 65.9 cm³/mol. The first-order valence-electron chi connectivity index (χ1n) is 6.80. The molecule has 2 aliphatic rings. The number of rotatable bonds is 2. The molecule has 0 bridgehead atoms. The Kier molecular flexibility index (Phi) is 3.12. The summed E-state index contributed by atoms with van der Waals surface area (Å²) in [7, 11) is 0. The maximum atomic E-state index is 2.64. The van der Waals surface area contributed by atoms with Gasteiger partial charge >= 0.3 is 0 Å². The van der Waals surface area contributed by atoms with Gasteiger partial charge in [0.1, 0.15) is 0 Å². The molecule has 88 valence electrons. The minimum Gasteiger partial charge on any atom is -0.300 e. The lowest BCUT2D eigenvalue weighted by Gasteiger charge is -2.56. The van der Waals surface area contributed by atoms with Crippen LogP contribution in [0, 0.1) is 17.3 Å². The van der Waals surface area contributed by atoms with E-state index in [-0.39, 0.29) is 0 Å². The van der Waals surface area contributed by atoms with Gasteiger partial charge in [0.25, 0.3) is 0 Å². The predicted octanol–water partition coefficient (Wildman–Crippen LogP) is 3.54. The van der Waals surface area contributed by atoms with Crippen molar-refractivity contribution in [3.05, 3.63) is 0 Å². The number of hydrogen-bond donors (Lipinski definition) is 0. The van der Waals surface area contributed by atoms with E-state index in [0.29, 0.717) is 0 Å². The molecule has 1 unspecified atom stereocenters. The van der Waals surface area contributed by atoms with E-state index in [2.05, 4.69) is 32.6 Å². The van der Waals surface area contributed by atoms with E-state index in [4.69, 9.17) is 0 Å². The van der Waals surface area contributed by atoms with Crippen molar-refractivity contribution in [2.24, 2.45) is 17.3 Å². The van der Waals surface area contributed by atoms with Crippen LogP contribution in [-0.2, 0) is 0 Å². The van der Waals surface area contributed by atoms with Gasteiger partial charge in [-0.25, -0.2) is 0 Å². The summed E-state index contributed by atoms with van der Waals surface area (Å²) >= 11 is 0. The maximum Gasteiger partial charge on any atom is 0.00533 e. The quantitative estimate of drug-likeness (QED) is 0.672. The maximum absolute atomic E-state index is 2.64. The molecule has 1 aliphatic heterocycles. The van der Waals surface area contributed by atoms with Gasteiger partial charge in [-0.05, 0) is 50.4 Å². The molecule has 1 saturated heterocycles. The highest BCUT2D eigenvalue weighted by Gasteiger charge is 2.47. The van der Waals surface area contributed by atoms with E-state index in [0.717, 1.165) is 23.3 Å². The van der Waals surface area contributed by atoms with Crippen molar-refractivity contribution in [3.8, 4) is 0 Å². The summed E-state index contributed by atoms with van der Waals surface area (Å²) in [5.41, 5.74) is 0.732. The van der Waals surface area contributed by atoms with Gasteiger partial charge < -0.3 is 0 Å². The Labute approximate surface area is 95.2 Å². The lowest BCUT2D eigenvalue weighted by molar-refractivity contribution is -0.0710. The number of nitrogens with zero attached hydrogens (tertiary/aromatic N) is 1. The summed E-state index contributed by atoms with van der Waals surface area (Å²) in [4.78, 5) is 2.64. The van der Waals surface area contributed by atoms with Crippen LogP contribution in [0.4, 0.5) is 0 Å². The average molecular weight is 209 g/mol. The molecule has 0 aromatic rings. The molecule has 1 heteroatoms. The molecule has 15 heavy (non-hydrogen) atoms. The minimum absolute atomic E-state index is 0.732. The van der Waals surface area contributed by atoms with E-state index in [1.807, 2.05) is 0 Å². The van der Waals surface area contributed by atoms with E-state index in [1.54, 1.807) is 0 Å². The molecule has 2 fully saturated rings. The van der Waals surface area contributed by atoms with Gasteiger partial charge in [0.2, 0.25) is 0 Å². The summed E-state index contributed by atoms with van der Waals surface area (Å²) < 4.78 is 0. The van der Waals surface area contributed by atoms with E-state index in [9.17, 15) is 0 Å². The third kappa shape index (κ3) is 2.08. The van der Waals surface area contributed by atoms with E-state index in [1.165, 1.54) is 38.8 Å².